The summed E-state index contributed by atoms with van der Waals surface area (Å²) >= 11 is 0. The molecule has 0 heterocycles. The number of unbranched alkanes of at least 4 members (excludes halogenated alkanes) is 4. The highest BCUT2D eigenvalue weighted by molar-refractivity contribution is 7.85. The lowest BCUT2D eigenvalue weighted by atomic mass is 10.2. The lowest BCUT2D eigenvalue weighted by molar-refractivity contribution is -0.121. The van der Waals surface area contributed by atoms with Crippen molar-refractivity contribution in [2.75, 3.05) is 12.3 Å². The molecule has 0 aromatic heterocycles. The van der Waals surface area contributed by atoms with Crippen molar-refractivity contribution in [2.24, 2.45) is 0 Å². The first-order valence-electron chi connectivity index (χ1n) is 10.3. The molecular formula is C22H37NO4S. The van der Waals surface area contributed by atoms with Crippen LogP contribution < -0.4 is 5.32 Å². The van der Waals surface area contributed by atoms with Gasteiger partial charge in [-0.25, -0.2) is 0 Å². The maximum atomic E-state index is 11.5. The molecule has 0 spiro atoms. The van der Waals surface area contributed by atoms with E-state index >= 15 is 0 Å². The van der Waals surface area contributed by atoms with Gasteiger partial charge in [0.2, 0.25) is 5.91 Å². The van der Waals surface area contributed by atoms with Crippen LogP contribution in [0.3, 0.4) is 0 Å². The van der Waals surface area contributed by atoms with Crippen LogP contribution in [-0.2, 0) is 14.9 Å². The van der Waals surface area contributed by atoms with Crippen LogP contribution in [0, 0.1) is 0 Å². The van der Waals surface area contributed by atoms with Gasteiger partial charge in [-0.1, -0.05) is 68.4 Å². The number of carbonyl (C=O) groups excluding carboxylic acids is 1. The van der Waals surface area contributed by atoms with Gasteiger partial charge in [-0.3, -0.25) is 9.35 Å². The Balaban J connectivity index is 3.53. The van der Waals surface area contributed by atoms with E-state index in [4.69, 9.17) is 4.55 Å². The van der Waals surface area contributed by atoms with Crippen molar-refractivity contribution in [1.82, 2.24) is 5.32 Å². The molecule has 0 aromatic rings. The molecule has 160 valence electrons. The summed E-state index contributed by atoms with van der Waals surface area (Å²) in [6.07, 6.45) is 27.0. The van der Waals surface area contributed by atoms with Crippen LogP contribution in [0.15, 0.2) is 48.6 Å². The number of carbonyl (C=O) groups is 1. The normalized spacial score (nSPS) is 12.8. The van der Waals surface area contributed by atoms with E-state index in [9.17, 15) is 13.2 Å². The minimum atomic E-state index is -4.01. The van der Waals surface area contributed by atoms with Crippen molar-refractivity contribution in [3.8, 4) is 0 Å². The zero-order valence-corrected chi connectivity index (χ0v) is 18.0. The zero-order chi connectivity index (χ0) is 20.9. The molecule has 0 aliphatic carbocycles. The molecule has 1 amide bonds. The molecule has 0 aliphatic heterocycles. The largest absolute Gasteiger partial charge is 0.355 e. The van der Waals surface area contributed by atoms with Crippen LogP contribution in [0.2, 0.25) is 0 Å². The molecule has 0 rings (SSSR count). The number of amides is 1. The number of rotatable bonds is 17. The number of hydrogen-bond donors (Lipinski definition) is 2. The topological polar surface area (TPSA) is 83.5 Å². The third-order valence-corrected chi connectivity index (χ3v) is 4.63. The van der Waals surface area contributed by atoms with Crippen molar-refractivity contribution in [3.05, 3.63) is 48.6 Å². The molecule has 0 saturated heterocycles. The highest BCUT2D eigenvalue weighted by atomic mass is 32.2. The monoisotopic (exact) mass is 411 g/mol. The van der Waals surface area contributed by atoms with Crippen molar-refractivity contribution in [3.63, 3.8) is 0 Å². The van der Waals surface area contributed by atoms with E-state index in [0.29, 0.717) is 12.8 Å². The van der Waals surface area contributed by atoms with Gasteiger partial charge < -0.3 is 5.32 Å². The second kappa shape index (κ2) is 18.7. The molecule has 28 heavy (non-hydrogen) atoms. The van der Waals surface area contributed by atoms with E-state index in [1.165, 1.54) is 25.7 Å². The number of allylic oxidation sites excluding steroid dienone is 8. The fourth-order valence-electron chi connectivity index (χ4n) is 2.35. The van der Waals surface area contributed by atoms with Crippen molar-refractivity contribution >= 4 is 16.0 Å². The molecule has 0 fully saturated rings. The van der Waals surface area contributed by atoms with Gasteiger partial charge >= 0.3 is 0 Å². The quantitative estimate of drug-likeness (QED) is 0.197. The molecule has 0 unspecified atom stereocenters. The smallest absolute Gasteiger partial charge is 0.266 e. The fraction of sp³-hybridized carbons (Fsp3) is 0.591. The Labute approximate surface area is 171 Å². The summed E-state index contributed by atoms with van der Waals surface area (Å²) in [7, 11) is -4.01. The predicted molar refractivity (Wildman–Crippen MR) is 118 cm³/mol. The van der Waals surface area contributed by atoms with Gasteiger partial charge in [0.25, 0.3) is 10.1 Å². The van der Waals surface area contributed by atoms with E-state index in [2.05, 4.69) is 60.8 Å². The molecule has 5 nitrogen and oxygen atoms in total. The average Bonchev–Trinajstić information content (AvgIpc) is 2.63. The second-order valence-corrected chi connectivity index (χ2v) is 8.19. The summed E-state index contributed by atoms with van der Waals surface area (Å²) < 4.78 is 29.6. The molecule has 0 aliphatic rings. The van der Waals surface area contributed by atoms with Crippen LogP contribution in [0.1, 0.15) is 71.1 Å². The third kappa shape index (κ3) is 22.4. The summed E-state index contributed by atoms with van der Waals surface area (Å²) in [5, 5.41) is 2.47. The van der Waals surface area contributed by atoms with Gasteiger partial charge in [-0.2, -0.15) is 8.42 Å². The first-order chi connectivity index (χ1) is 13.5. The second-order valence-electron chi connectivity index (χ2n) is 6.62. The van der Waals surface area contributed by atoms with Crippen LogP contribution in [-0.4, -0.2) is 31.2 Å². The molecule has 2 N–H and O–H groups in total. The Morgan fingerprint density at radius 3 is 1.82 bits per heavy atom. The standard InChI is InChI=1S/C22H37NO4S/c1-2-3-4-5-6-7-8-9-10-11-12-13-14-15-16-17-18-19-22(24)23-20-21-28(25,26)27/h6-7,9-10,12-13,15-16H,2-5,8,11,14,17-21H2,1H3,(H,23,24)(H,25,26,27)/b7-6-,10-9-,13-12-,16-15-. The number of nitrogens with one attached hydrogen (secondary N) is 1. The van der Waals surface area contributed by atoms with Crippen molar-refractivity contribution < 1.29 is 17.8 Å². The van der Waals surface area contributed by atoms with Crippen LogP contribution in [0.5, 0.6) is 0 Å². The first-order valence-corrected chi connectivity index (χ1v) is 11.9. The van der Waals surface area contributed by atoms with Gasteiger partial charge in [0.05, 0.1) is 5.75 Å². The lowest BCUT2D eigenvalue weighted by Crippen LogP contribution is -2.28. The van der Waals surface area contributed by atoms with Gasteiger partial charge in [-0.15, -0.1) is 0 Å². The summed E-state index contributed by atoms with van der Waals surface area (Å²) in [5.74, 6) is -0.643. The van der Waals surface area contributed by atoms with Gasteiger partial charge in [0.1, 0.15) is 0 Å². The average molecular weight is 412 g/mol. The Kier molecular flexibility index (Phi) is 17.6. The summed E-state index contributed by atoms with van der Waals surface area (Å²) in [4.78, 5) is 11.5. The van der Waals surface area contributed by atoms with Crippen LogP contribution >= 0.6 is 0 Å². The predicted octanol–water partition coefficient (Wildman–Crippen LogP) is 5.14. The minimum Gasteiger partial charge on any atom is -0.355 e. The number of hydrogen-bond acceptors (Lipinski definition) is 3. The Morgan fingerprint density at radius 1 is 0.821 bits per heavy atom. The highest BCUT2D eigenvalue weighted by Crippen LogP contribution is 2.01. The van der Waals surface area contributed by atoms with E-state index in [1.54, 1.807) is 0 Å². The zero-order valence-electron chi connectivity index (χ0n) is 17.2. The highest BCUT2D eigenvalue weighted by Gasteiger charge is 2.05. The molecule has 0 atom stereocenters. The molecule has 6 heteroatoms. The van der Waals surface area contributed by atoms with E-state index in [-0.39, 0.29) is 12.5 Å². The SMILES string of the molecule is CCCCC/C=C\C/C=C\C/C=C\C/C=C\CCCC(=O)NCCS(=O)(=O)O. The van der Waals surface area contributed by atoms with Crippen molar-refractivity contribution in [1.29, 1.82) is 0 Å². The lowest BCUT2D eigenvalue weighted by Gasteiger charge is -2.02. The maximum Gasteiger partial charge on any atom is 0.266 e. The molecule has 0 saturated carbocycles. The maximum absolute atomic E-state index is 11.5. The Hall–Kier alpha value is -1.66. The molecule has 0 aromatic carbocycles. The summed E-state index contributed by atoms with van der Waals surface area (Å²) in [5.41, 5.74) is 0. The Morgan fingerprint density at radius 2 is 1.32 bits per heavy atom. The fourth-order valence-corrected chi connectivity index (χ4v) is 2.71. The van der Waals surface area contributed by atoms with Crippen LogP contribution in [0.4, 0.5) is 0 Å². The van der Waals surface area contributed by atoms with Gasteiger partial charge in [0.15, 0.2) is 0 Å². The van der Waals surface area contributed by atoms with Gasteiger partial charge in [-0.05, 0) is 44.9 Å². The summed E-state index contributed by atoms with van der Waals surface area (Å²) in [6.45, 7) is 2.17. The summed E-state index contributed by atoms with van der Waals surface area (Å²) in [6, 6.07) is 0. The van der Waals surface area contributed by atoms with E-state index < -0.39 is 15.9 Å². The van der Waals surface area contributed by atoms with Crippen LogP contribution in [0.25, 0.3) is 0 Å². The molecule has 0 radical (unpaired) electrons. The Bertz CT molecular complexity index is 604. The van der Waals surface area contributed by atoms with E-state index in [0.717, 1.165) is 25.7 Å². The minimum absolute atomic E-state index is 0.0536. The van der Waals surface area contributed by atoms with Gasteiger partial charge in [0, 0.05) is 13.0 Å². The third-order valence-electron chi connectivity index (χ3n) is 3.91. The van der Waals surface area contributed by atoms with E-state index in [1.807, 2.05) is 0 Å². The molecule has 0 bridgehead atoms. The van der Waals surface area contributed by atoms with Crippen molar-refractivity contribution in [2.45, 2.75) is 71.1 Å². The molecular weight excluding hydrogens is 374 g/mol. The first kappa shape index (κ1) is 26.3.